The van der Waals surface area contributed by atoms with Gasteiger partial charge in [-0.25, -0.2) is 0 Å². The number of carbonyl (C=O) groups is 3. The lowest BCUT2D eigenvalue weighted by Crippen LogP contribution is -2.70. The van der Waals surface area contributed by atoms with Crippen molar-refractivity contribution in [2.75, 3.05) is 33.0 Å². The SMILES string of the molecule is CC(=O)N[C@H]1[C@H](O[C@H]2[C@H](O)[C@H](O)[C@H](O[C@H]3[C@H](O)[C@@H](NC(C)=O)[C@H](O[C@H]4[C@H](O)[C@@H](NC(C)=O)C(O)O[C@@H]4CO)O[C@@H]3CO)O[C@@H]2CO)O[C@H](CO)[C@@H](O[C@@H]2O[C@H](CO)[C@@H](O)[C@H](O)[C@@H]2O)[C@@H]1O. The van der Waals surface area contributed by atoms with Crippen LogP contribution in [0.4, 0.5) is 0 Å². The number of hydrogen-bond donors (Lipinski definition) is 17. The zero-order valence-corrected chi connectivity index (χ0v) is 35.1. The summed E-state index contributed by atoms with van der Waals surface area (Å²) in [6, 6.07) is -4.78. The van der Waals surface area contributed by atoms with Crippen LogP contribution in [0.1, 0.15) is 20.8 Å². The van der Waals surface area contributed by atoms with Gasteiger partial charge in [-0.1, -0.05) is 0 Å². The van der Waals surface area contributed by atoms with Crippen molar-refractivity contribution >= 4 is 17.7 Å². The molecule has 17 N–H and O–H groups in total. The first kappa shape index (κ1) is 53.4. The second kappa shape index (κ2) is 23.2. The lowest BCUT2D eigenvalue weighted by molar-refractivity contribution is -0.380. The number of rotatable bonds is 16. The number of nitrogens with one attached hydrogen (secondary N) is 3. The van der Waals surface area contributed by atoms with E-state index < -0.39 is 204 Å². The van der Waals surface area contributed by atoms with Crippen molar-refractivity contribution in [1.82, 2.24) is 16.0 Å². The van der Waals surface area contributed by atoms with E-state index in [1.54, 1.807) is 0 Å². The van der Waals surface area contributed by atoms with Crippen molar-refractivity contribution in [3.8, 4) is 0 Å². The van der Waals surface area contributed by atoms with Gasteiger partial charge in [-0.05, 0) is 0 Å². The first-order valence-electron chi connectivity index (χ1n) is 20.6. The van der Waals surface area contributed by atoms with Gasteiger partial charge < -0.3 is 130 Å². The number of amides is 3. The third-order valence-corrected chi connectivity index (χ3v) is 11.5. The fourth-order valence-corrected chi connectivity index (χ4v) is 8.25. The van der Waals surface area contributed by atoms with Crippen molar-refractivity contribution in [1.29, 1.82) is 0 Å². The minimum absolute atomic E-state index is 0.681. The molecule has 25 atom stereocenters. The summed E-state index contributed by atoms with van der Waals surface area (Å²) in [6.45, 7) is -1.40. The Morgan fingerprint density at radius 3 is 1.05 bits per heavy atom. The molecule has 0 aromatic heterocycles. The van der Waals surface area contributed by atoms with Gasteiger partial charge in [0.2, 0.25) is 17.7 Å². The molecule has 0 radical (unpaired) electrons. The van der Waals surface area contributed by atoms with E-state index in [4.69, 9.17) is 42.6 Å². The van der Waals surface area contributed by atoms with E-state index in [2.05, 4.69) is 16.0 Å². The smallest absolute Gasteiger partial charge is 0.217 e. The predicted octanol–water partition coefficient (Wildman–Crippen LogP) is -11.5. The second-order valence-electron chi connectivity index (χ2n) is 16.2. The molecule has 0 aromatic rings. The molecule has 0 aromatic carbocycles. The number of hydrogen-bond acceptors (Lipinski definition) is 26. The van der Waals surface area contributed by atoms with Crippen LogP contribution in [-0.4, -0.2) is 276 Å². The van der Waals surface area contributed by atoms with Crippen molar-refractivity contribution < 1.29 is 129 Å². The Hall–Kier alpha value is -2.51. The summed E-state index contributed by atoms with van der Waals surface area (Å²) >= 11 is 0. The van der Waals surface area contributed by atoms with Gasteiger partial charge in [0.1, 0.15) is 122 Å². The Morgan fingerprint density at radius 1 is 0.369 bits per heavy atom. The highest BCUT2D eigenvalue weighted by Gasteiger charge is 2.57. The summed E-state index contributed by atoms with van der Waals surface area (Å²) in [6.07, 6.45) is -39.4. The average molecular weight is 952 g/mol. The van der Waals surface area contributed by atoms with E-state index >= 15 is 0 Å². The molecule has 376 valence electrons. The van der Waals surface area contributed by atoms with Crippen LogP contribution in [0.15, 0.2) is 0 Å². The topological polar surface area (TPSA) is 454 Å². The normalized spacial score (nSPS) is 47.1. The highest BCUT2D eigenvalue weighted by molar-refractivity contribution is 5.74. The summed E-state index contributed by atoms with van der Waals surface area (Å²) < 4.78 is 51.4. The Labute approximate surface area is 369 Å². The zero-order chi connectivity index (χ0) is 48.2. The maximum absolute atomic E-state index is 12.4. The molecule has 5 aliphatic rings. The first-order chi connectivity index (χ1) is 30.7. The van der Waals surface area contributed by atoms with Gasteiger partial charge >= 0.3 is 0 Å². The lowest BCUT2D eigenvalue weighted by Gasteiger charge is -2.50. The summed E-state index contributed by atoms with van der Waals surface area (Å²) in [5, 5.41) is 156. The van der Waals surface area contributed by atoms with E-state index in [0.717, 1.165) is 20.8 Å². The zero-order valence-electron chi connectivity index (χ0n) is 35.1. The third kappa shape index (κ3) is 11.9. The number of carbonyl (C=O) groups excluding carboxylic acids is 3. The minimum Gasteiger partial charge on any atom is -0.394 e. The van der Waals surface area contributed by atoms with Crippen LogP contribution in [0, 0.1) is 0 Å². The molecule has 3 amide bonds. The van der Waals surface area contributed by atoms with Gasteiger partial charge in [-0.3, -0.25) is 14.4 Å². The Balaban J connectivity index is 1.32. The van der Waals surface area contributed by atoms with Crippen LogP contribution >= 0.6 is 0 Å². The van der Waals surface area contributed by atoms with Crippen LogP contribution in [0.25, 0.3) is 0 Å². The first-order valence-corrected chi connectivity index (χ1v) is 20.6. The monoisotopic (exact) mass is 951 g/mol. The fraction of sp³-hybridized carbons (Fsp3) is 0.917. The van der Waals surface area contributed by atoms with Crippen LogP contribution < -0.4 is 16.0 Å². The molecule has 5 heterocycles. The molecule has 29 nitrogen and oxygen atoms in total. The molecule has 65 heavy (non-hydrogen) atoms. The summed E-state index contributed by atoms with van der Waals surface area (Å²) in [7, 11) is 0. The molecular weight excluding hydrogens is 890 g/mol. The lowest BCUT2D eigenvalue weighted by atomic mass is 9.93. The summed E-state index contributed by atoms with van der Waals surface area (Å²) in [4.78, 5) is 36.5. The van der Waals surface area contributed by atoms with E-state index in [1.165, 1.54) is 0 Å². The highest BCUT2D eigenvalue weighted by atomic mass is 16.8. The van der Waals surface area contributed by atoms with Crippen LogP contribution in [0.5, 0.6) is 0 Å². The summed E-state index contributed by atoms with van der Waals surface area (Å²) in [5.74, 6) is -2.24. The average Bonchev–Trinajstić information content (AvgIpc) is 3.26. The Bertz CT molecular complexity index is 1550. The Morgan fingerprint density at radius 2 is 0.662 bits per heavy atom. The third-order valence-electron chi connectivity index (χ3n) is 11.5. The van der Waals surface area contributed by atoms with Crippen LogP contribution in [0.3, 0.4) is 0 Å². The maximum atomic E-state index is 12.4. The van der Waals surface area contributed by atoms with Gasteiger partial charge in [0.25, 0.3) is 0 Å². The van der Waals surface area contributed by atoms with Crippen molar-refractivity contribution in [2.45, 2.75) is 174 Å². The molecule has 0 saturated carbocycles. The molecular formula is C36H61N3O26. The van der Waals surface area contributed by atoms with Gasteiger partial charge in [0, 0.05) is 20.8 Å². The molecule has 5 aliphatic heterocycles. The molecule has 1 unspecified atom stereocenters. The maximum Gasteiger partial charge on any atom is 0.217 e. The predicted molar refractivity (Wildman–Crippen MR) is 201 cm³/mol. The van der Waals surface area contributed by atoms with Gasteiger partial charge in [-0.2, -0.15) is 0 Å². The molecule has 5 fully saturated rings. The molecule has 0 bridgehead atoms. The van der Waals surface area contributed by atoms with E-state index in [9.17, 15) is 85.9 Å². The molecule has 5 rings (SSSR count). The highest BCUT2D eigenvalue weighted by Crippen LogP contribution is 2.35. The quantitative estimate of drug-likeness (QED) is 0.0683. The number of ether oxygens (including phenoxy) is 9. The van der Waals surface area contributed by atoms with Crippen molar-refractivity contribution in [3.63, 3.8) is 0 Å². The number of aliphatic hydroxyl groups is 14. The standard InChI is InChI=1S/C36H61N3O26/c1-9(45)37-17-21(49)28(13(5-41)57-32(17)56)62-33-18(38-10(2)46)22(50)30(15(7-43)59-33)65-36-27(55)25(53)31(16(8-44)61-36)63-34-19(39-11(3)47)23(51)29(14(6-42)60-34)64-35-26(54)24(52)20(48)12(4-40)58-35/h12-36,40-44,48-56H,4-8H2,1-3H3,(H,37,45)(H,38,46)(H,39,47)/t12-,13-,14-,15-,16-,17-,18-,19-,20-,21-,22-,23-,24+,25-,26+,27+,28-,29-,30-,31-,32?,33+,34+,35+,36+/m1/s1. The minimum atomic E-state index is -2.15. The van der Waals surface area contributed by atoms with E-state index in [1.807, 2.05) is 0 Å². The second-order valence-corrected chi connectivity index (χ2v) is 16.2. The van der Waals surface area contributed by atoms with Gasteiger partial charge in [0.15, 0.2) is 31.5 Å². The van der Waals surface area contributed by atoms with E-state index in [0.29, 0.717) is 0 Å². The number of aliphatic hydroxyl groups excluding tert-OH is 14. The largest absolute Gasteiger partial charge is 0.394 e. The molecule has 0 aliphatic carbocycles. The molecule has 0 spiro atoms. The molecule has 29 heteroatoms. The Kier molecular flexibility index (Phi) is 19.1. The van der Waals surface area contributed by atoms with E-state index in [-0.39, 0.29) is 0 Å². The van der Waals surface area contributed by atoms with Crippen molar-refractivity contribution in [3.05, 3.63) is 0 Å². The van der Waals surface area contributed by atoms with Crippen LogP contribution in [0.2, 0.25) is 0 Å². The van der Waals surface area contributed by atoms with Gasteiger partial charge in [0.05, 0.1) is 33.0 Å². The molecule has 5 saturated heterocycles. The van der Waals surface area contributed by atoms with Gasteiger partial charge in [-0.15, -0.1) is 0 Å². The fourth-order valence-electron chi connectivity index (χ4n) is 8.25. The summed E-state index contributed by atoms with van der Waals surface area (Å²) in [5.41, 5.74) is 0. The van der Waals surface area contributed by atoms with Crippen LogP contribution in [-0.2, 0) is 57.0 Å². The van der Waals surface area contributed by atoms with Crippen molar-refractivity contribution in [2.24, 2.45) is 0 Å².